The van der Waals surface area contributed by atoms with Crippen molar-refractivity contribution in [1.82, 2.24) is 9.97 Å². The second-order valence-corrected chi connectivity index (χ2v) is 5.70. The standard InChI is InChI=1S/C19H21N2O/c1-4-15(14-8-6-5-7-9-14)16-12-21-19-18(16)17(10-11-20-19)22-13(2)3/h5-13,15H,1,4H2,2-3H3,(H,20,21)/t15-/m0/s1. The lowest BCUT2D eigenvalue weighted by Crippen LogP contribution is -2.07. The van der Waals surface area contributed by atoms with Crippen LogP contribution in [0.1, 0.15) is 37.3 Å². The largest absolute Gasteiger partial charge is 0.490 e. The highest BCUT2D eigenvalue weighted by molar-refractivity contribution is 5.87. The van der Waals surface area contributed by atoms with E-state index < -0.39 is 0 Å². The van der Waals surface area contributed by atoms with Gasteiger partial charge in [-0.3, -0.25) is 0 Å². The van der Waals surface area contributed by atoms with Gasteiger partial charge < -0.3 is 9.72 Å². The number of benzene rings is 1. The molecule has 3 aromatic rings. The molecule has 113 valence electrons. The minimum Gasteiger partial charge on any atom is -0.490 e. The number of hydrogen-bond donors (Lipinski definition) is 1. The Balaban J connectivity index is 2.13. The van der Waals surface area contributed by atoms with Gasteiger partial charge in [0.25, 0.3) is 0 Å². The van der Waals surface area contributed by atoms with E-state index in [1.165, 1.54) is 11.1 Å². The van der Waals surface area contributed by atoms with E-state index >= 15 is 0 Å². The van der Waals surface area contributed by atoms with E-state index in [1.54, 1.807) is 6.20 Å². The van der Waals surface area contributed by atoms with Crippen molar-refractivity contribution in [1.29, 1.82) is 0 Å². The molecule has 3 heteroatoms. The lowest BCUT2D eigenvalue weighted by atomic mass is 9.89. The van der Waals surface area contributed by atoms with Crippen LogP contribution < -0.4 is 4.74 Å². The van der Waals surface area contributed by atoms with E-state index in [-0.39, 0.29) is 12.0 Å². The summed E-state index contributed by atoms with van der Waals surface area (Å²) in [5.74, 6) is 1.11. The van der Waals surface area contributed by atoms with Gasteiger partial charge in [-0.05, 0) is 37.5 Å². The molecule has 1 radical (unpaired) electrons. The zero-order chi connectivity index (χ0) is 15.5. The Morgan fingerprint density at radius 3 is 2.64 bits per heavy atom. The van der Waals surface area contributed by atoms with Crippen LogP contribution in [0, 0.1) is 6.92 Å². The number of fused-ring (bicyclic) bond motifs is 1. The van der Waals surface area contributed by atoms with Gasteiger partial charge in [-0.2, -0.15) is 0 Å². The van der Waals surface area contributed by atoms with Crippen LogP contribution in [0.4, 0.5) is 0 Å². The smallest absolute Gasteiger partial charge is 0.141 e. The van der Waals surface area contributed by atoms with E-state index in [0.717, 1.165) is 23.2 Å². The van der Waals surface area contributed by atoms with Crippen LogP contribution in [0.25, 0.3) is 11.0 Å². The Labute approximate surface area is 131 Å². The maximum absolute atomic E-state index is 5.98. The first kappa shape index (κ1) is 14.6. The monoisotopic (exact) mass is 293 g/mol. The van der Waals surface area contributed by atoms with E-state index in [1.807, 2.05) is 32.2 Å². The van der Waals surface area contributed by atoms with Gasteiger partial charge in [0.2, 0.25) is 0 Å². The molecule has 3 nitrogen and oxygen atoms in total. The molecule has 0 saturated carbocycles. The van der Waals surface area contributed by atoms with E-state index in [4.69, 9.17) is 4.74 Å². The van der Waals surface area contributed by atoms with E-state index in [0.29, 0.717) is 0 Å². The minimum atomic E-state index is 0.128. The van der Waals surface area contributed by atoms with Crippen molar-refractivity contribution < 1.29 is 4.74 Å². The predicted octanol–water partition coefficient (Wildman–Crippen LogP) is 4.71. The van der Waals surface area contributed by atoms with E-state index in [2.05, 4.69) is 41.2 Å². The van der Waals surface area contributed by atoms with Crippen LogP contribution in [0.5, 0.6) is 5.75 Å². The van der Waals surface area contributed by atoms with Crippen molar-refractivity contribution in [3.05, 3.63) is 66.8 Å². The van der Waals surface area contributed by atoms with Gasteiger partial charge in [0.05, 0.1) is 11.5 Å². The molecule has 0 bridgehead atoms. The van der Waals surface area contributed by atoms with Gasteiger partial charge in [-0.1, -0.05) is 37.3 Å². The van der Waals surface area contributed by atoms with Gasteiger partial charge in [0.1, 0.15) is 11.4 Å². The molecule has 0 aliphatic heterocycles. The van der Waals surface area contributed by atoms with Crippen molar-refractivity contribution in [2.45, 2.75) is 32.3 Å². The fourth-order valence-corrected chi connectivity index (χ4v) is 2.86. The molecule has 22 heavy (non-hydrogen) atoms. The molecule has 2 heterocycles. The van der Waals surface area contributed by atoms with Crippen LogP contribution in [0.3, 0.4) is 0 Å². The summed E-state index contributed by atoms with van der Waals surface area (Å²) in [5.41, 5.74) is 3.32. The first-order valence-electron chi connectivity index (χ1n) is 7.67. The summed E-state index contributed by atoms with van der Waals surface area (Å²) in [4.78, 5) is 7.69. The van der Waals surface area contributed by atoms with Gasteiger partial charge in [0, 0.05) is 18.3 Å². The summed E-state index contributed by atoms with van der Waals surface area (Å²) < 4.78 is 5.98. The first-order valence-corrected chi connectivity index (χ1v) is 7.67. The Hall–Kier alpha value is -2.29. The third kappa shape index (κ3) is 2.71. The van der Waals surface area contributed by atoms with Crippen LogP contribution in [0.2, 0.25) is 0 Å². The second-order valence-electron chi connectivity index (χ2n) is 5.70. The molecule has 0 aliphatic rings. The van der Waals surface area contributed by atoms with Crippen molar-refractivity contribution in [3.8, 4) is 5.75 Å². The summed E-state index contributed by atoms with van der Waals surface area (Å²) in [7, 11) is 0. The number of H-pyrrole nitrogens is 1. The Bertz CT molecular complexity index is 746. The van der Waals surface area contributed by atoms with Gasteiger partial charge in [0.15, 0.2) is 0 Å². The molecule has 0 amide bonds. The molecule has 0 aliphatic carbocycles. The van der Waals surface area contributed by atoms with Crippen molar-refractivity contribution >= 4 is 11.0 Å². The second kappa shape index (κ2) is 6.22. The van der Waals surface area contributed by atoms with E-state index in [9.17, 15) is 0 Å². The number of ether oxygens (including phenoxy) is 1. The Kier molecular flexibility index (Phi) is 4.14. The average Bonchev–Trinajstić information content (AvgIpc) is 2.94. The van der Waals surface area contributed by atoms with Crippen LogP contribution in [0.15, 0.2) is 48.8 Å². The highest BCUT2D eigenvalue weighted by Gasteiger charge is 2.19. The fraction of sp³-hybridized carbons (Fsp3) is 0.263. The third-order valence-electron chi connectivity index (χ3n) is 3.79. The Morgan fingerprint density at radius 2 is 1.95 bits per heavy atom. The van der Waals surface area contributed by atoms with Crippen LogP contribution in [-0.2, 0) is 0 Å². The lowest BCUT2D eigenvalue weighted by Gasteiger charge is -2.17. The highest BCUT2D eigenvalue weighted by Crippen LogP contribution is 2.37. The van der Waals surface area contributed by atoms with Gasteiger partial charge in [-0.15, -0.1) is 0 Å². The van der Waals surface area contributed by atoms with Crippen molar-refractivity contribution in [2.24, 2.45) is 0 Å². The number of rotatable bonds is 5. The van der Waals surface area contributed by atoms with Crippen LogP contribution >= 0.6 is 0 Å². The molecule has 0 saturated heterocycles. The summed E-state index contributed by atoms with van der Waals surface area (Å²) >= 11 is 0. The first-order chi connectivity index (χ1) is 10.7. The maximum atomic E-state index is 5.98. The number of aromatic amines is 1. The summed E-state index contributed by atoms with van der Waals surface area (Å²) in [6.45, 7) is 8.21. The topological polar surface area (TPSA) is 37.9 Å². The minimum absolute atomic E-state index is 0.128. The Morgan fingerprint density at radius 1 is 1.18 bits per heavy atom. The molecule has 1 atom stereocenters. The number of nitrogens with zero attached hydrogens (tertiary/aromatic N) is 1. The number of aromatic nitrogens is 2. The van der Waals surface area contributed by atoms with Crippen molar-refractivity contribution in [2.75, 3.05) is 0 Å². The zero-order valence-corrected chi connectivity index (χ0v) is 13.0. The highest BCUT2D eigenvalue weighted by atomic mass is 16.5. The molecule has 0 spiro atoms. The van der Waals surface area contributed by atoms with Gasteiger partial charge >= 0.3 is 0 Å². The lowest BCUT2D eigenvalue weighted by molar-refractivity contribution is 0.245. The SMILES string of the molecule is [CH2]C[C@@H](c1ccccc1)c1c[nH]c2nccc(OC(C)C)c12. The average molecular weight is 293 g/mol. The molecule has 2 aromatic heterocycles. The number of nitrogens with one attached hydrogen (secondary N) is 1. The normalized spacial score (nSPS) is 12.7. The van der Waals surface area contributed by atoms with Crippen LogP contribution in [-0.4, -0.2) is 16.1 Å². The third-order valence-corrected chi connectivity index (χ3v) is 3.79. The maximum Gasteiger partial charge on any atom is 0.141 e. The summed E-state index contributed by atoms with van der Waals surface area (Å²) in [5, 5.41) is 1.06. The zero-order valence-electron chi connectivity index (χ0n) is 13.0. The number of pyridine rings is 1. The number of hydrogen-bond acceptors (Lipinski definition) is 2. The molecular weight excluding hydrogens is 272 g/mol. The fourth-order valence-electron chi connectivity index (χ4n) is 2.86. The van der Waals surface area contributed by atoms with Crippen molar-refractivity contribution in [3.63, 3.8) is 0 Å². The predicted molar refractivity (Wildman–Crippen MR) is 90.1 cm³/mol. The van der Waals surface area contributed by atoms with Gasteiger partial charge in [-0.25, -0.2) is 4.98 Å². The molecule has 3 rings (SSSR count). The quantitative estimate of drug-likeness (QED) is 0.740. The molecule has 1 aromatic carbocycles. The molecule has 0 unspecified atom stereocenters. The molecular formula is C19H21N2O. The molecule has 0 fully saturated rings. The molecule has 1 N–H and O–H groups in total. The summed E-state index contributed by atoms with van der Waals surface area (Å²) in [6, 6.07) is 12.4. The summed E-state index contributed by atoms with van der Waals surface area (Å²) in [6.07, 6.45) is 4.73.